The summed E-state index contributed by atoms with van der Waals surface area (Å²) in [5, 5.41) is 7.21. The largest absolute Gasteiger partial charge is 2.00 e. The summed E-state index contributed by atoms with van der Waals surface area (Å²) >= 11 is 0. The number of hydrogen-bond acceptors (Lipinski definition) is 5. The molecule has 0 amide bonds. The second-order valence-corrected chi connectivity index (χ2v) is 2.00. The maximum atomic E-state index is 7.60. The minimum atomic E-state index is -4.58. The first-order valence-electron chi connectivity index (χ1n) is 1.06. The molecule has 0 rings (SSSR count). The van der Waals surface area contributed by atoms with Crippen molar-refractivity contribution in [3.63, 3.8) is 0 Å². The summed E-state index contributed by atoms with van der Waals surface area (Å²) in [6.07, 6.45) is 0. The Balaban J connectivity index is -0.0000000208. The third-order valence-corrected chi connectivity index (χ3v) is 0.367. The molecule has 0 fully saturated rings. The molecule has 0 heterocycles. The summed E-state index contributed by atoms with van der Waals surface area (Å²) in [6.45, 7) is 0. The SMILES string of the molecule is OO[Si](O)(O)O.[H-].[H-].[Mg+2].[Ni]. The fraction of sp³-hybridized carbons (Fsp3) is 0. The van der Waals surface area contributed by atoms with Crippen LogP contribution in [0.5, 0.6) is 0 Å². The Kier molecular flexibility index (Phi) is 12.9. The zero-order valence-electron chi connectivity index (χ0n) is 5.72. The van der Waals surface area contributed by atoms with Crippen molar-refractivity contribution >= 4 is 32.1 Å². The molecular weight excluding hydrogens is 191 g/mol. The van der Waals surface area contributed by atoms with Crippen LogP contribution >= 0.6 is 0 Å². The maximum Gasteiger partial charge on any atom is 2.00 e. The van der Waals surface area contributed by atoms with Gasteiger partial charge in [-0.05, 0) is 0 Å². The standard InChI is InChI=1S/Mg.Ni.H4O5Si.2H/c;;1-5-6(2,3)4;;/h;;1-4H;;/q+2;;;2*-1. The van der Waals surface area contributed by atoms with Gasteiger partial charge in [0.05, 0.1) is 0 Å². The molecule has 0 radical (unpaired) electrons. The quantitative estimate of drug-likeness (QED) is 0.216. The molecule has 52 valence electrons. The molecule has 0 aromatic rings. The van der Waals surface area contributed by atoms with Crippen molar-refractivity contribution in [2.24, 2.45) is 0 Å². The predicted molar refractivity (Wildman–Crippen MR) is 24.1 cm³/mol. The van der Waals surface area contributed by atoms with Gasteiger partial charge in [-0.25, -0.2) is 0 Å². The number of rotatable bonds is 1. The molecule has 0 saturated heterocycles. The van der Waals surface area contributed by atoms with Crippen LogP contribution in [-0.2, 0) is 21.1 Å². The minimum absolute atomic E-state index is 0. The first-order valence-corrected chi connectivity index (χ1v) is 2.81. The van der Waals surface area contributed by atoms with E-state index in [1.807, 2.05) is 0 Å². The van der Waals surface area contributed by atoms with E-state index in [4.69, 9.17) is 19.6 Å². The van der Waals surface area contributed by atoms with E-state index in [-0.39, 0.29) is 42.4 Å². The summed E-state index contributed by atoms with van der Waals surface area (Å²) in [4.78, 5) is 22.8. The normalized spacial score (nSPS) is 9.00. The molecule has 0 aromatic carbocycles. The molecule has 0 spiro atoms. The van der Waals surface area contributed by atoms with E-state index in [2.05, 4.69) is 4.58 Å². The second kappa shape index (κ2) is 6.40. The number of hydrogen-bond donors (Lipinski definition) is 4. The molecule has 0 unspecified atom stereocenters. The van der Waals surface area contributed by atoms with Crippen molar-refractivity contribution in [1.29, 1.82) is 0 Å². The predicted octanol–water partition coefficient (Wildman–Crippen LogP) is -2.27. The average molecular weight is 197 g/mol. The molecule has 4 N–H and O–H groups in total. The van der Waals surface area contributed by atoms with Crippen LogP contribution in [0.25, 0.3) is 0 Å². The fourth-order valence-corrected chi connectivity index (χ4v) is 0. The van der Waals surface area contributed by atoms with Crippen LogP contribution in [0.2, 0.25) is 0 Å². The van der Waals surface area contributed by atoms with Gasteiger partial charge in [0.2, 0.25) is 0 Å². The Labute approximate surface area is 75.8 Å². The monoisotopic (exact) mass is 196 g/mol. The molecule has 5 nitrogen and oxygen atoms in total. The van der Waals surface area contributed by atoms with E-state index in [0.29, 0.717) is 0 Å². The van der Waals surface area contributed by atoms with Gasteiger partial charge in [0.15, 0.2) is 0 Å². The van der Waals surface area contributed by atoms with Crippen molar-refractivity contribution in [3.8, 4) is 0 Å². The zero-order chi connectivity index (χ0) is 5.21. The van der Waals surface area contributed by atoms with Crippen molar-refractivity contribution in [3.05, 3.63) is 0 Å². The summed E-state index contributed by atoms with van der Waals surface area (Å²) in [5.74, 6) is 0. The Hall–Kier alpha value is 1.28. The third-order valence-electron chi connectivity index (χ3n) is 0.122. The van der Waals surface area contributed by atoms with Gasteiger partial charge < -0.3 is 17.2 Å². The van der Waals surface area contributed by atoms with E-state index in [1.54, 1.807) is 0 Å². The first kappa shape index (κ1) is 16.1. The molecule has 0 aliphatic heterocycles. The van der Waals surface area contributed by atoms with E-state index in [1.165, 1.54) is 0 Å². The van der Waals surface area contributed by atoms with Gasteiger partial charge >= 0.3 is 32.1 Å². The van der Waals surface area contributed by atoms with E-state index in [9.17, 15) is 0 Å². The fourth-order valence-electron chi connectivity index (χ4n) is 0. The van der Waals surface area contributed by atoms with Crippen LogP contribution in [0.4, 0.5) is 0 Å². The van der Waals surface area contributed by atoms with Gasteiger partial charge in [0.25, 0.3) is 0 Å². The first-order chi connectivity index (χ1) is 2.56. The zero-order valence-corrected chi connectivity index (χ0v) is 7.12. The van der Waals surface area contributed by atoms with Gasteiger partial charge in [-0.3, -0.25) is 5.26 Å². The minimum Gasteiger partial charge on any atom is -1.00 e. The Bertz CT molecular complexity index is 49.4. The second-order valence-electron chi connectivity index (χ2n) is 0.665. The topological polar surface area (TPSA) is 90.2 Å². The summed E-state index contributed by atoms with van der Waals surface area (Å²) in [7, 11) is -4.58. The Morgan fingerprint density at radius 3 is 1.38 bits per heavy atom. The van der Waals surface area contributed by atoms with Crippen molar-refractivity contribution in [2.45, 2.75) is 0 Å². The Morgan fingerprint density at radius 1 is 1.25 bits per heavy atom. The van der Waals surface area contributed by atoms with E-state index < -0.39 is 9.05 Å². The molecular formula is H6MgNiO5Si. The molecule has 0 saturated carbocycles. The summed E-state index contributed by atoms with van der Waals surface area (Å²) in [5.41, 5.74) is 0. The summed E-state index contributed by atoms with van der Waals surface area (Å²) in [6, 6.07) is 0. The molecule has 0 atom stereocenters. The molecule has 0 aromatic heterocycles. The maximum absolute atomic E-state index is 7.60. The van der Waals surface area contributed by atoms with Crippen molar-refractivity contribution in [2.75, 3.05) is 0 Å². The van der Waals surface area contributed by atoms with Gasteiger partial charge in [-0.1, -0.05) is 0 Å². The van der Waals surface area contributed by atoms with Gasteiger partial charge in [-0.2, -0.15) is 4.58 Å². The molecule has 0 bridgehead atoms. The molecule has 0 aliphatic rings. The summed E-state index contributed by atoms with van der Waals surface area (Å²) < 4.78 is 2.74. The molecule has 0 aliphatic carbocycles. The average Bonchev–Trinajstić information content (AvgIpc) is 1.35. The van der Waals surface area contributed by atoms with Gasteiger partial charge in [-0.15, -0.1) is 0 Å². The third kappa shape index (κ3) is 15.7. The van der Waals surface area contributed by atoms with Crippen LogP contribution in [0.15, 0.2) is 0 Å². The van der Waals surface area contributed by atoms with Crippen molar-refractivity contribution < 1.29 is 43.6 Å². The van der Waals surface area contributed by atoms with Crippen LogP contribution in [0, 0.1) is 0 Å². The van der Waals surface area contributed by atoms with E-state index in [0.717, 1.165) is 0 Å². The van der Waals surface area contributed by atoms with Crippen LogP contribution < -0.4 is 0 Å². The Morgan fingerprint density at radius 2 is 1.38 bits per heavy atom. The van der Waals surface area contributed by atoms with E-state index >= 15 is 0 Å². The molecule has 8 heavy (non-hydrogen) atoms. The van der Waals surface area contributed by atoms with Crippen LogP contribution in [0.3, 0.4) is 0 Å². The van der Waals surface area contributed by atoms with Gasteiger partial charge in [0.1, 0.15) is 0 Å². The smallest absolute Gasteiger partial charge is 1.00 e. The molecule has 8 heteroatoms. The van der Waals surface area contributed by atoms with Crippen LogP contribution in [0.1, 0.15) is 2.85 Å². The van der Waals surface area contributed by atoms with Crippen molar-refractivity contribution in [1.82, 2.24) is 0 Å². The van der Waals surface area contributed by atoms with Crippen LogP contribution in [-0.4, -0.2) is 51.7 Å². The van der Waals surface area contributed by atoms with Gasteiger partial charge in [0, 0.05) is 16.5 Å².